The summed E-state index contributed by atoms with van der Waals surface area (Å²) < 4.78 is 0. The van der Waals surface area contributed by atoms with Gasteiger partial charge in [-0.15, -0.1) is 0 Å². The summed E-state index contributed by atoms with van der Waals surface area (Å²) >= 11 is 0. The lowest BCUT2D eigenvalue weighted by Gasteiger charge is -2.18. The average Bonchev–Trinajstić information content (AvgIpc) is 2.26. The number of aliphatic carboxylic acids is 1. The van der Waals surface area contributed by atoms with Gasteiger partial charge in [-0.2, -0.15) is 0 Å². The maximum absolute atomic E-state index is 10.6. The third-order valence-corrected chi connectivity index (χ3v) is 2.24. The van der Waals surface area contributed by atoms with Crippen LogP contribution >= 0.6 is 0 Å². The van der Waals surface area contributed by atoms with E-state index in [2.05, 4.69) is 10.3 Å². The van der Waals surface area contributed by atoms with Crippen molar-refractivity contribution in [2.45, 2.75) is 18.5 Å². The number of hydrogen-bond donors (Lipinski definition) is 3. The molecule has 15 heavy (non-hydrogen) atoms. The molecular weight excluding hydrogens is 194 g/mol. The largest absolute Gasteiger partial charge is 0.480 e. The SMILES string of the molecule is CNC(CC(N)C(=O)O)c1cccnc1. The van der Waals surface area contributed by atoms with Crippen LogP contribution in [-0.2, 0) is 4.79 Å². The Hall–Kier alpha value is -1.46. The van der Waals surface area contributed by atoms with E-state index in [0.29, 0.717) is 6.42 Å². The first-order chi connectivity index (χ1) is 7.15. The van der Waals surface area contributed by atoms with Gasteiger partial charge in [-0.1, -0.05) is 6.07 Å². The molecule has 2 atom stereocenters. The molecule has 0 fully saturated rings. The van der Waals surface area contributed by atoms with Crippen LogP contribution in [0.3, 0.4) is 0 Å². The minimum atomic E-state index is -0.987. The van der Waals surface area contributed by atoms with Gasteiger partial charge in [-0.25, -0.2) is 0 Å². The number of nitrogens with one attached hydrogen (secondary N) is 1. The maximum Gasteiger partial charge on any atom is 0.320 e. The second-order valence-electron chi connectivity index (χ2n) is 3.31. The fourth-order valence-electron chi connectivity index (χ4n) is 1.36. The molecule has 1 heterocycles. The highest BCUT2D eigenvalue weighted by atomic mass is 16.4. The Bertz CT molecular complexity index is 316. The van der Waals surface area contributed by atoms with Gasteiger partial charge >= 0.3 is 5.97 Å². The molecule has 0 spiro atoms. The molecule has 1 aromatic heterocycles. The average molecular weight is 209 g/mol. The summed E-state index contributed by atoms with van der Waals surface area (Å²) in [4.78, 5) is 14.6. The summed E-state index contributed by atoms with van der Waals surface area (Å²) in [6, 6.07) is 2.77. The van der Waals surface area contributed by atoms with Gasteiger partial charge in [0.25, 0.3) is 0 Å². The maximum atomic E-state index is 10.6. The summed E-state index contributed by atoms with van der Waals surface area (Å²) in [6.07, 6.45) is 3.72. The number of nitrogens with zero attached hydrogens (tertiary/aromatic N) is 1. The second kappa shape index (κ2) is 5.43. The summed E-state index contributed by atoms with van der Waals surface area (Å²) in [5.41, 5.74) is 6.41. The first-order valence-corrected chi connectivity index (χ1v) is 4.70. The van der Waals surface area contributed by atoms with Crippen LogP contribution in [-0.4, -0.2) is 29.1 Å². The van der Waals surface area contributed by atoms with E-state index in [1.807, 2.05) is 12.1 Å². The Balaban J connectivity index is 2.69. The van der Waals surface area contributed by atoms with Gasteiger partial charge in [-0.05, 0) is 25.1 Å². The van der Waals surface area contributed by atoms with Crippen LogP contribution in [0.1, 0.15) is 18.0 Å². The van der Waals surface area contributed by atoms with Crippen molar-refractivity contribution in [3.05, 3.63) is 30.1 Å². The van der Waals surface area contributed by atoms with E-state index in [1.165, 1.54) is 0 Å². The van der Waals surface area contributed by atoms with E-state index in [4.69, 9.17) is 10.8 Å². The normalized spacial score (nSPS) is 14.5. The van der Waals surface area contributed by atoms with Gasteiger partial charge in [0.2, 0.25) is 0 Å². The number of pyridine rings is 1. The standard InChI is InChI=1S/C10H15N3O2/c1-12-9(5-8(11)10(14)15)7-3-2-4-13-6-7/h2-4,6,8-9,12H,5,11H2,1H3,(H,14,15). The number of aromatic nitrogens is 1. The molecule has 0 saturated carbocycles. The van der Waals surface area contributed by atoms with Crippen LogP contribution in [0, 0.1) is 0 Å². The molecule has 0 bridgehead atoms. The van der Waals surface area contributed by atoms with Crippen molar-refractivity contribution >= 4 is 5.97 Å². The smallest absolute Gasteiger partial charge is 0.320 e. The van der Waals surface area contributed by atoms with Crippen molar-refractivity contribution in [2.75, 3.05) is 7.05 Å². The number of carbonyl (C=O) groups is 1. The zero-order chi connectivity index (χ0) is 11.3. The Morgan fingerprint density at radius 2 is 2.47 bits per heavy atom. The number of hydrogen-bond acceptors (Lipinski definition) is 4. The van der Waals surface area contributed by atoms with Crippen LogP contribution in [0.15, 0.2) is 24.5 Å². The summed E-state index contributed by atoms with van der Waals surface area (Å²) in [6.45, 7) is 0. The fraction of sp³-hybridized carbons (Fsp3) is 0.400. The lowest BCUT2D eigenvalue weighted by atomic mass is 10.0. The Labute approximate surface area is 88.3 Å². The van der Waals surface area contributed by atoms with Crippen LogP contribution in [0.25, 0.3) is 0 Å². The van der Waals surface area contributed by atoms with Crippen molar-refractivity contribution in [3.8, 4) is 0 Å². The molecule has 0 aromatic carbocycles. The molecular formula is C10H15N3O2. The molecule has 4 N–H and O–H groups in total. The van der Waals surface area contributed by atoms with E-state index >= 15 is 0 Å². The van der Waals surface area contributed by atoms with E-state index in [9.17, 15) is 4.79 Å². The van der Waals surface area contributed by atoms with Crippen LogP contribution < -0.4 is 11.1 Å². The van der Waals surface area contributed by atoms with Crippen molar-refractivity contribution in [3.63, 3.8) is 0 Å². The third-order valence-electron chi connectivity index (χ3n) is 2.24. The second-order valence-corrected chi connectivity index (χ2v) is 3.31. The highest BCUT2D eigenvalue weighted by Crippen LogP contribution is 2.16. The number of carboxylic acid groups (broad SMARTS) is 1. The van der Waals surface area contributed by atoms with Gasteiger partial charge in [0.05, 0.1) is 0 Å². The van der Waals surface area contributed by atoms with E-state index < -0.39 is 12.0 Å². The molecule has 1 rings (SSSR count). The third kappa shape index (κ3) is 3.30. The van der Waals surface area contributed by atoms with Crippen molar-refractivity contribution in [2.24, 2.45) is 5.73 Å². The Kier molecular flexibility index (Phi) is 4.20. The first kappa shape index (κ1) is 11.6. The fourth-order valence-corrected chi connectivity index (χ4v) is 1.36. The summed E-state index contributed by atoms with van der Waals surface area (Å²) in [5, 5.41) is 11.7. The number of carboxylic acids is 1. The molecule has 0 saturated heterocycles. The molecule has 0 aliphatic rings. The van der Waals surface area contributed by atoms with E-state index in [-0.39, 0.29) is 6.04 Å². The van der Waals surface area contributed by atoms with Gasteiger partial charge in [0.1, 0.15) is 6.04 Å². The van der Waals surface area contributed by atoms with Gasteiger partial charge in [0.15, 0.2) is 0 Å². The number of rotatable bonds is 5. The summed E-state index contributed by atoms with van der Waals surface area (Å²) in [5.74, 6) is -0.987. The van der Waals surface area contributed by atoms with E-state index in [1.54, 1.807) is 19.4 Å². The predicted octanol–water partition coefficient (Wildman–Crippen LogP) is 0.144. The molecule has 1 aromatic rings. The van der Waals surface area contributed by atoms with Crippen LogP contribution in [0.5, 0.6) is 0 Å². The Morgan fingerprint density at radius 3 is 2.93 bits per heavy atom. The van der Waals surface area contributed by atoms with Crippen molar-refractivity contribution in [1.29, 1.82) is 0 Å². The molecule has 0 aliphatic heterocycles. The van der Waals surface area contributed by atoms with Crippen molar-refractivity contribution in [1.82, 2.24) is 10.3 Å². The minimum Gasteiger partial charge on any atom is -0.480 e. The molecule has 0 radical (unpaired) electrons. The van der Waals surface area contributed by atoms with Gasteiger partial charge < -0.3 is 16.2 Å². The van der Waals surface area contributed by atoms with E-state index in [0.717, 1.165) is 5.56 Å². The molecule has 82 valence electrons. The molecule has 2 unspecified atom stereocenters. The highest BCUT2D eigenvalue weighted by Gasteiger charge is 2.18. The van der Waals surface area contributed by atoms with Gasteiger partial charge in [0, 0.05) is 18.4 Å². The van der Waals surface area contributed by atoms with Crippen molar-refractivity contribution < 1.29 is 9.90 Å². The predicted molar refractivity (Wildman–Crippen MR) is 56.3 cm³/mol. The highest BCUT2D eigenvalue weighted by molar-refractivity contribution is 5.73. The van der Waals surface area contributed by atoms with Crippen LogP contribution in [0.2, 0.25) is 0 Å². The topological polar surface area (TPSA) is 88.2 Å². The molecule has 5 heteroatoms. The zero-order valence-corrected chi connectivity index (χ0v) is 8.55. The van der Waals surface area contributed by atoms with Gasteiger partial charge in [-0.3, -0.25) is 9.78 Å². The lowest BCUT2D eigenvalue weighted by molar-refractivity contribution is -0.138. The Morgan fingerprint density at radius 1 is 1.73 bits per heavy atom. The zero-order valence-electron chi connectivity index (χ0n) is 8.55. The number of nitrogens with two attached hydrogens (primary N) is 1. The quantitative estimate of drug-likeness (QED) is 0.642. The molecule has 5 nitrogen and oxygen atoms in total. The monoisotopic (exact) mass is 209 g/mol. The molecule has 0 aliphatic carbocycles. The molecule has 0 amide bonds. The van der Waals surface area contributed by atoms with Crippen LogP contribution in [0.4, 0.5) is 0 Å². The first-order valence-electron chi connectivity index (χ1n) is 4.70. The lowest BCUT2D eigenvalue weighted by Crippen LogP contribution is -2.34. The summed E-state index contributed by atoms with van der Waals surface area (Å²) in [7, 11) is 1.77. The minimum absolute atomic E-state index is 0.0789.